The fraction of sp³-hybridized carbons (Fsp3) is 0.500. The normalized spacial score (nSPS) is 12.7. The summed E-state index contributed by atoms with van der Waals surface area (Å²) >= 11 is 0. The highest BCUT2D eigenvalue weighted by Gasteiger charge is 2.27. The van der Waals surface area contributed by atoms with E-state index in [2.05, 4.69) is 33.8 Å². The Kier molecular flexibility index (Phi) is 5.72. The largest absolute Gasteiger partial charge is 0.325 e. The van der Waals surface area contributed by atoms with Crippen molar-refractivity contribution in [1.82, 2.24) is 0 Å². The monoisotopic (exact) mass is 259 g/mol. The Labute approximate surface area is 115 Å². The summed E-state index contributed by atoms with van der Waals surface area (Å²) in [5, 5.41) is 9.26. The van der Waals surface area contributed by atoms with Gasteiger partial charge in [-0.05, 0) is 33.3 Å². The molecule has 0 radical (unpaired) electrons. The second-order valence-corrected chi connectivity index (χ2v) is 5.50. The van der Waals surface area contributed by atoms with E-state index in [9.17, 15) is 10.1 Å². The molecule has 0 aromatic heterocycles. The van der Waals surface area contributed by atoms with Gasteiger partial charge in [-0.1, -0.05) is 30.3 Å². The van der Waals surface area contributed by atoms with Crippen LogP contribution in [0.25, 0.3) is 0 Å². The third-order valence-corrected chi connectivity index (χ3v) is 3.45. The topological polar surface area (TPSA) is 45.3 Å². The maximum atomic E-state index is 12.4. The fourth-order valence-electron chi connectivity index (χ4n) is 2.36. The number of hydrogen-bond acceptors (Lipinski definition) is 2. The lowest BCUT2D eigenvalue weighted by Crippen LogP contribution is -3.18. The van der Waals surface area contributed by atoms with Crippen LogP contribution in [0.5, 0.6) is 0 Å². The number of quaternary nitrogens is 1. The van der Waals surface area contributed by atoms with Gasteiger partial charge >= 0.3 is 0 Å². The highest BCUT2D eigenvalue weighted by atomic mass is 16.1. The van der Waals surface area contributed by atoms with Gasteiger partial charge in [-0.3, -0.25) is 4.79 Å². The van der Waals surface area contributed by atoms with Crippen molar-refractivity contribution in [2.45, 2.75) is 45.7 Å². The molecule has 0 aliphatic carbocycles. The molecule has 3 nitrogen and oxygen atoms in total. The van der Waals surface area contributed by atoms with Crippen molar-refractivity contribution in [3.8, 4) is 6.07 Å². The number of Topliss-reactive ketones (excluding diaryl/α,β-unsaturated/α-hetero) is 1. The first kappa shape index (κ1) is 15.4. The van der Waals surface area contributed by atoms with Gasteiger partial charge in [0.1, 0.15) is 12.5 Å². The van der Waals surface area contributed by atoms with Crippen LogP contribution in [0.1, 0.15) is 39.2 Å². The Morgan fingerprint density at radius 3 is 2.11 bits per heavy atom. The van der Waals surface area contributed by atoms with Gasteiger partial charge < -0.3 is 4.90 Å². The summed E-state index contributed by atoms with van der Waals surface area (Å²) in [4.78, 5) is 13.6. The molecule has 1 rings (SSSR count). The molecule has 0 heterocycles. The predicted molar refractivity (Wildman–Crippen MR) is 75.9 cm³/mol. The Morgan fingerprint density at radius 1 is 1.16 bits per heavy atom. The lowest BCUT2D eigenvalue weighted by atomic mass is 9.95. The van der Waals surface area contributed by atoms with Crippen molar-refractivity contribution in [2.75, 3.05) is 6.54 Å². The molecule has 1 N–H and O–H groups in total. The molecule has 0 bridgehead atoms. The number of ketones is 1. The molecule has 0 unspecified atom stereocenters. The van der Waals surface area contributed by atoms with E-state index in [4.69, 9.17) is 0 Å². The van der Waals surface area contributed by atoms with Gasteiger partial charge in [-0.2, -0.15) is 5.26 Å². The number of nitrogens with one attached hydrogen (secondary N) is 1. The zero-order valence-corrected chi connectivity index (χ0v) is 12.2. The summed E-state index contributed by atoms with van der Waals surface area (Å²) in [6.07, 6.45) is 0. The molecule has 1 aromatic rings. The zero-order valence-electron chi connectivity index (χ0n) is 12.2. The van der Waals surface area contributed by atoms with Crippen molar-refractivity contribution in [3.05, 3.63) is 35.9 Å². The summed E-state index contributed by atoms with van der Waals surface area (Å²) in [7, 11) is 0. The number of nitriles is 1. The second-order valence-electron chi connectivity index (χ2n) is 5.50. The number of nitrogens with zero attached hydrogens (tertiary/aromatic N) is 1. The molecule has 1 atom stereocenters. The van der Waals surface area contributed by atoms with Gasteiger partial charge in [0.2, 0.25) is 5.78 Å². The molecule has 19 heavy (non-hydrogen) atoms. The average Bonchev–Trinajstić information content (AvgIpc) is 2.37. The molecule has 0 fully saturated rings. The van der Waals surface area contributed by atoms with E-state index in [-0.39, 0.29) is 5.78 Å². The highest BCUT2D eigenvalue weighted by molar-refractivity contribution is 5.89. The fourth-order valence-corrected chi connectivity index (χ4v) is 2.36. The SMILES string of the molecule is CC(C)[NH+](CC(=O)[C@@H](C#N)c1ccccc1)C(C)C. The molecule has 0 aliphatic heterocycles. The van der Waals surface area contributed by atoms with Crippen molar-refractivity contribution >= 4 is 5.78 Å². The molecule has 3 heteroatoms. The van der Waals surface area contributed by atoms with Crippen LogP contribution in [0.2, 0.25) is 0 Å². The summed E-state index contributed by atoms with van der Waals surface area (Å²) in [5.41, 5.74) is 0.793. The standard InChI is InChI=1S/C16H22N2O/c1-12(2)18(13(3)4)11-16(19)15(10-17)14-8-6-5-7-9-14/h5-9,12-13,15H,11H2,1-4H3/p+1/t15-/m0/s1. The molecule has 0 saturated heterocycles. The van der Waals surface area contributed by atoms with Crippen LogP contribution in [0.15, 0.2) is 30.3 Å². The molecule has 0 saturated carbocycles. The minimum atomic E-state index is -0.645. The molecule has 0 amide bonds. The van der Waals surface area contributed by atoms with Crippen LogP contribution in [0.3, 0.4) is 0 Å². The third-order valence-electron chi connectivity index (χ3n) is 3.45. The van der Waals surface area contributed by atoms with Crippen LogP contribution in [0.4, 0.5) is 0 Å². The summed E-state index contributed by atoms with van der Waals surface area (Å²) in [5.74, 6) is -0.639. The number of carbonyl (C=O) groups is 1. The van der Waals surface area contributed by atoms with Crippen molar-refractivity contribution < 1.29 is 9.69 Å². The van der Waals surface area contributed by atoms with E-state index < -0.39 is 5.92 Å². The Morgan fingerprint density at radius 2 is 1.68 bits per heavy atom. The highest BCUT2D eigenvalue weighted by Crippen LogP contribution is 2.14. The minimum absolute atomic E-state index is 0.00565. The first-order chi connectivity index (χ1) is 8.97. The second kappa shape index (κ2) is 7.06. The van der Waals surface area contributed by atoms with Crippen LogP contribution >= 0.6 is 0 Å². The van der Waals surface area contributed by atoms with Crippen molar-refractivity contribution in [1.29, 1.82) is 5.26 Å². The maximum Gasteiger partial charge on any atom is 0.208 e. The number of rotatable bonds is 6. The Hall–Kier alpha value is -1.66. The lowest BCUT2D eigenvalue weighted by Gasteiger charge is -2.27. The molecule has 0 aliphatic rings. The molecular weight excluding hydrogens is 236 g/mol. The van der Waals surface area contributed by atoms with Crippen LogP contribution in [-0.4, -0.2) is 24.4 Å². The summed E-state index contributed by atoms with van der Waals surface area (Å²) in [6.45, 7) is 8.82. The molecular formula is C16H23N2O+. The van der Waals surface area contributed by atoms with Crippen LogP contribution in [-0.2, 0) is 4.79 Å². The maximum absolute atomic E-state index is 12.4. The van der Waals surface area contributed by atoms with Crippen molar-refractivity contribution in [3.63, 3.8) is 0 Å². The lowest BCUT2D eigenvalue weighted by molar-refractivity contribution is -0.934. The summed E-state index contributed by atoms with van der Waals surface area (Å²) < 4.78 is 0. The minimum Gasteiger partial charge on any atom is -0.325 e. The van der Waals surface area contributed by atoms with E-state index in [0.717, 1.165) is 5.56 Å². The number of carbonyl (C=O) groups excluding carboxylic acids is 1. The van der Waals surface area contributed by atoms with E-state index in [1.807, 2.05) is 30.3 Å². The van der Waals surface area contributed by atoms with Gasteiger partial charge in [0.15, 0.2) is 0 Å². The predicted octanol–water partition coefficient (Wildman–Crippen LogP) is 1.56. The van der Waals surface area contributed by atoms with Gasteiger partial charge in [-0.25, -0.2) is 0 Å². The van der Waals surface area contributed by atoms with E-state index >= 15 is 0 Å². The van der Waals surface area contributed by atoms with Gasteiger partial charge in [0, 0.05) is 0 Å². The van der Waals surface area contributed by atoms with Crippen LogP contribution in [0, 0.1) is 11.3 Å². The first-order valence-electron chi connectivity index (χ1n) is 6.80. The summed E-state index contributed by atoms with van der Waals surface area (Å²) in [6, 6.07) is 12.2. The molecule has 0 spiro atoms. The first-order valence-corrected chi connectivity index (χ1v) is 6.80. The average molecular weight is 259 g/mol. The van der Waals surface area contributed by atoms with Crippen molar-refractivity contribution in [2.24, 2.45) is 0 Å². The Bertz CT molecular complexity index is 438. The van der Waals surface area contributed by atoms with E-state index in [1.54, 1.807) is 0 Å². The van der Waals surface area contributed by atoms with Gasteiger partial charge in [0.25, 0.3) is 0 Å². The third kappa shape index (κ3) is 4.18. The van der Waals surface area contributed by atoms with Gasteiger partial charge in [-0.15, -0.1) is 0 Å². The van der Waals surface area contributed by atoms with E-state index in [0.29, 0.717) is 18.6 Å². The number of benzene rings is 1. The van der Waals surface area contributed by atoms with Crippen LogP contribution < -0.4 is 4.90 Å². The smallest absolute Gasteiger partial charge is 0.208 e. The van der Waals surface area contributed by atoms with E-state index in [1.165, 1.54) is 4.90 Å². The van der Waals surface area contributed by atoms with Gasteiger partial charge in [0.05, 0.1) is 18.2 Å². The number of hydrogen-bond donors (Lipinski definition) is 1. The quantitative estimate of drug-likeness (QED) is 0.842. The molecule has 102 valence electrons. The zero-order chi connectivity index (χ0) is 14.4. The Balaban J connectivity index is 2.84. The molecule has 1 aromatic carbocycles.